The summed E-state index contributed by atoms with van der Waals surface area (Å²) in [6.45, 7) is 2.82. The highest BCUT2D eigenvalue weighted by Gasteiger charge is 2.38. The number of ether oxygens (including phenoxy) is 1. The van der Waals surface area contributed by atoms with Crippen LogP contribution in [0, 0.1) is 0 Å². The first-order chi connectivity index (χ1) is 19.5. The van der Waals surface area contributed by atoms with E-state index in [1.807, 2.05) is 54.6 Å². The Bertz CT molecular complexity index is 1240. The molecule has 41 heavy (non-hydrogen) atoms. The number of pyridine rings is 1. The molecular formula is C29H33F3N4O5. The van der Waals surface area contributed by atoms with Crippen molar-refractivity contribution in [2.24, 2.45) is 0 Å². The van der Waals surface area contributed by atoms with E-state index in [0.717, 1.165) is 30.4 Å². The molecule has 0 saturated heterocycles. The largest absolute Gasteiger partial charge is 0.490 e. The van der Waals surface area contributed by atoms with Crippen LogP contribution in [0.15, 0.2) is 72.9 Å². The van der Waals surface area contributed by atoms with Crippen LogP contribution in [-0.2, 0) is 27.5 Å². The summed E-state index contributed by atoms with van der Waals surface area (Å²) < 4.78 is 37.6. The van der Waals surface area contributed by atoms with Crippen molar-refractivity contribution in [3.8, 4) is 5.75 Å². The number of halogens is 3. The van der Waals surface area contributed by atoms with Crippen LogP contribution in [0.5, 0.6) is 5.75 Å². The summed E-state index contributed by atoms with van der Waals surface area (Å²) in [4.78, 5) is 38.5. The van der Waals surface area contributed by atoms with Gasteiger partial charge in [0.05, 0.1) is 0 Å². The van der Waals surface area contributed by atoms with Gasteiger partial charge in [-0.3, -0.25) is 9.59 Å². The molecule has 9 nitrogen and oxygen atoms in total. The van der Waals surface area contributed by atoms with E-state index in [9.17, 15) is 22.8 Å². The van der Waals surface area contributed by atoms with Crippen LogP contribution in [0.1, 0.15) is 55.3 Å². The number of carboxylic acid groups (broad SMARTS) is 1. The first-order valence-corrected chi connectivity index (χ1v) is 12.8. The van der Waals surface area contributed by atoms with E-state index in [0.29, 0.717) is 30.2 Å². The van der Waals surface area contributed by atoms with Gasteiger partial charge in [0.1, 0.15) is 24.2 Å². The van der Waals surface area contributed by atoms with E-state index in [1.54, 1.807) is 18.3 Å². The molecule has 0 unspecified atom stereocenters. The Morgan fingerprint density at radius 3 is 2.20 bits per heavy atom. The quantitative estimate of drug-likeness (QED) is 0.225. The van der Waals surface area contributed by atoms with E-state index >= 15 is 0 Å². The molecule has 0 aliphatic rings. The second-order valence-electron chi connectivity index (χ2n) is 8.91. The highest BCUT2D eigenvalue weighted by atomic mass is 19.4. The van der Waals surface area contributed by atoms with Crippen LogP contribution in [0.4, 0.5) is 19.0 Å². The third-order valence-corrected chi connectivity index (χ3v) is 5.59. The van der Waals surface area contributed by atoms with Crippen LogP contribution in [-0.4, -0.2) is 34.1 Å². The van der Waals surface area contributed by atoms with Crippen LogP contribution in [0.3, 0.4) is 0 Å². The fourth-order valence-electron chi connectivity index (χ4n) is 3.40. The van der Waals surface area contributed by atoms with Gasteiger partial charge in [-0.15, -0.1) is 0 Å². The average Bonchev–Trinajstić information content (AvgIpc) is 2.95. The molecule has 0 bridgehead atoms. The number of amides is 2. The molecule has 1 atom stereocenters. The van der Waals surface area contributed by atoms with Crippen LogP contribution < -0.4 is 21.1 Å². The third-order valence-electron chi connectivity index (χ3n) is 5.59. The Balaban J connectivity index is 0.000000745. The second kappa shape index (κ2) is 16.5. The number of hydrogen-bond acceptors (Lipinski definition) is 6. The van der Waals surface area contributed by atoms with Crippen molar-refractivity contribution in [1.29, 1.82) is 0 Å². The van der Waals surface area contributed by atoms with Gasteiger partial charge in [0.2, 0.25) is 11.8 Å². The lowest BCUT2D eigenvalue weighted by atomic mass is 10.0. The Hall–Kier alpha value is -4.61. The fraction of sp³-hybridized carbons (Fsp3) is 0.310. The number of carbonyl (C=O) groups excluding carboxylic acids is 2. The summed E-state index contributed by atoms with van der Waals surface area (Å²) in [6.07, 6.45) is -0.288. The normalized spacial score (nSPS) is 11.4. The summed E-state index contributed by atoms with van der Waals surface area (Å²) in [5.41, 5.74) is 8.20. The molecule has 2 amide bonds. The minimum absolute atomic E-state index is 0.146. The van der Waals surface area contributed by atoms with Crippen molar-refractivity contribution in [1.82, 2.24) is 15.6 Å². The minimum atomic E-state index is -5.08. The van der Waals surface area contributed by atoms with E-state index in [-0.39, 0.29) is 18.4 Å². The Labute approximate surface area is 235 Å². The molecule has 1 heterocycles. The SMILES string of the molecule is CCCCCC(=O)N[C@H](C(=O)NCc1ccc(N)nc1)c1ccc(OCc2ccccc2)cc1.O=C(O)C(F)(F)F. The summed E-state index contributed by atoms with van der Waals surface area (Å²) in [7, 11) is 0. The molecule has 5 N–H and O–H groups in total. The maximum Gasteiger partial charge on any atom is 0.490 e. The predicted octanol–water partition coefficient (Wildman–Crippen LogP) is 4.93. The molecule has 0 aliphatic heterocycles. The first kappa shape index (κ1) is 32.6. The number of nitrogens with zero attached hydrogens (tertiary/aromatic N) is 1. The summed E-state index contributed by atoms with van der Waals surface area (Å²) >= 11 is 0. The second-order valence-corrected chi connectivity index (χ2v) is 8.91. The van der Waals surface area contributed by atoms with Crippen LogP contribution in [0.25, 0.3) is 0 Å². The van der Waals surface area contributed by atoms with Gasteiger partial charge in [-0.25, -0.2) is 9.78 Å². The summed E-state index contributed by atoms with van der Waals surface area (Å²) in [6, 6.07) is 19.8. The van der Waals surface area contributed by atoms with Gasteiger partial charge in [0.15, 0.2) is 0 Å². The van der Waals surface area contributed by atoms with Crippen LogP contribution >= 0.6 is 0 Å². The van der Waals surface area contributed by atoms with Gasteiger partial charge in [0, 0.05) is 19.2 Å². The third kappa shape index (κ3) is 12.4. The number of carboxylic acids is 1. The van der Waals surface area contributed by atoms with Crippen LogP contribution in [0.2, 0.25) is 0 Å². The molecule has 0 radical (unpaired) electrons. The number of aromatic nitrogens is 1. The molecule has 3 rings (SSSR count). The molecule has 12 heteroatoms. The number of nitrogens with one attached hydrogen (secondary N) is 2. The molecular weight excluding hydrogens is 541 g/mol. The molecule has 0 spiro atoms. The molecule has 1 aromatic heterocycles. The molecule has 0 saturated carbocycles. The zero-order valence-corrected chi connectivity index (χ0v) is 22.5. The van der Waals surface area contributed by atoms with Crippen molar-refractivity contribution < 1.29 is 37.4 Å². The van der Waals surface area contributed by atoms with Gasteiger partial charge >= 0.3 is 12.1 Å². The van der Waals surface area contributed by atoms with Crippen molar-refractivity contribution >= 4 is 23.6 Å². The van der Waals surface area contributed by atoms with Gasteiger partial charge in [0.25, 0.3) is 0 Å². The maximum absolute atomic E-state index is 13.0. The van der Waals surface area contributed by atoms with E-state index in [4.69, 9.17) is 20.4 Å². The molecule has 0 aliphatic carbocycles. The number of nitrogens with two attached hydrogens (primary N) is 1. The summed E-state index contributed by atoms with van der Waals surface area (Å²) in [5, 5.41) is 12.9. The van der Waals surface area contributed by atoms with Gasteiger partial charge in [-0.1, -0.05) is 68.3 Å². The summed E-state index contributed by atoms with van der Waals surface area (Å²) in [5.74, 6) is -2.09. The smallest absolute Gasteiger partial charge is 0.489 e. The first-order valence-electron chi connectivity index (χ1n) is 12.8. The molecule has 2 aromatic carbocycles. The van der Waals surface area contributed by atoms with Gasteiger partial charge in [-0.05, 0) is 41.3 Å². The number of rotatable bonds is 12. The lowest BCUT2D eigenvalue weighted by molar-refractivity contribution is -0.192. The highest BCUT2D eigenvalue weighted by Crippen LogP contribution is 2.20. The monoisotopic (exact) mass is 574 g/mol. The highest BCUT2D eigenvalue weighted by molar-refractivity contribution is 5.88. The topological polar surface area (TPSA) is 144 Å². The number of aliphatic carboxylic acids is 1. The molecule has 0 fully saturated rings. The number of alkyl halides is 3. The number of benzene rings is 2. The molecule has 220 valence electrons. The van der Waals surface area contributed by atoms with Crippen molar-refractivity contribution in [2.75, 3.05) is 5.73 Å². The Kier molecular flexibility index (Phi) is 13.1. The van der Waals surface area contributed by atoms with Crippen molar-refractivity contribution in [2.45, 2.75) is 58.0 Å². The number of carbonyl (C=O) groups is 3. The number of hydrogen-bond donors (Lipinski definition) is 4. The maximum atomic E-state index is 13.0. The van der Waals surface area contributed by atoms with E-state index in [1.165, 1.54) is 0 Å². The number of unbranched alkanes of at least 4 members (excludes halogenated alkanes) is 2. The number of anilines is 1. The minimum Gasteiger partial charge on any atom is -0.489 e. The fourth-order valence-corrected chi connectivity index (χ4v) is 3.40. The molecule has 3 aromatic rings. The van der Waals surface area contributed by atoms with Crippen molar-refractivity contribution in [3.05, 3.63) is 89.6 Å². The average molecular weight is 575 g/mol. The Morgan fingerprint density at radius 1 is 0.976 bits per heavy atom. The Morgan fingerprint density at radius 2 is 1.63 bits per heavy atom. The van der Waals surface area contributed by atoms with Crippen molar-refractivity contribution in [3.63, 3.8) is 0 Å². The van der Waals surface area contributed by atoms with Gasteiger partial charge < -0.3 is 26.2 Å². The van der Waals surface area contributed by atoms with E-state index < -0.39 is 18.2 Å². The van der Waals surface area contributed by atoms with Gasteiger partial charge in [-0.2, -0.15) is 13.2 Å². The predicted molar refractivity (Wildman–Crippen MR) is 146 cm³/mol. The zero-order valence-electron chi connectivity index (χ0n) is 22.5. The lowest BCUT2D eigenvalue weighted by Gasteiger charge is -2.19. The number of nitrogen functional groups attached to an aromatic ring is 1. The standard InChI is InChI=1S/C27H32N4O3.C2HF3O2/c1-2-3-5-10-25(32)31-26(27(33)30-18-21-11-16-24(28)29-17-21)22-12-14-23(15-13-22)34-19-20-8-6-4-7-9-20;3-2(4,5)1(6)7/h4,6-9,11-17,26H,2-3,5,10,18-19H2,1H3,(H2,28,29)(H,30,33)(H,31,32);(H,6,7)/t26-;/m0./s1. The zero-order chi connectivity index (χ0) is 30.3. The van der Waals surface area contributed by atoms with E-state index in [2.05, 4.69) is 22.5 Å². The lowest BCUT2D eigenvalue weighted by Crippen LogP contribution is -2.40.